The van der Waals surface area contributed by atoms with E-state index in [1.165, 1.54) is 17.7 Å². The van der Waals surface area contributed by atoms with Crippen molar-refractivity contribution in [2.75, 3.05) is 14.1 Å². The highest BCUT2D eigenvalue weighted by Crippen LogP contribution is 2.43. The van der Waals surface area contributed by atoms with Crippen LogP contribution < -0.4 is 0 Å². The van der Waals surface area contributed by atoms with Gasteiger partial charge in [0.15, 0.2) is 0 Å². The van der Waals surface area contributed by atoms with Crippen molar-refractivity contribution in [3.05, 3.63) is 70.8 Å². The molecule has 0 aromatic heterocycles. The Labute approximate surface area is 134 Å². The van der Waals surface area contributed by atoms with Gasteiger partial charge in [0.05, 0.1) is 5.56 Å². The maximum absolute atomic E-state index is 13.0. The minimum Gasteiger partial charge on any atom is -0.302 e. The minimum absolute atomic E-state index is 0.0321. The normalized spacial score (nSPS) is 21.3. The van der Waals surface area contributed by atoms with E-state index in [2.05, 4.69) is 17.0 Å². The third kappa shape index (κ3) is 3.13. The first-order valence-corrected chi connectivity index (χ1v) is 7.80. The molecule has 0 radical (unpaired) electrons. The summed E-state index contributed by atoms with van der Waals surface area (Å²) in [5.41, 5.74) is 2.56. The van der Waals surface area contributed by atoms with Crippen molar-refractivity contribution in [2.45, 2.75) is 31.0 Å². The molecule has 1 nitrogen and oxygen atoms in total. The van der Waals surface area contributed by atoms with Gasteiger partial charge in [0.25, 0.3) is 0 Å². The molecule has 0 N–H and O–H groups in total. The predicted molar refractivity (Wildman–Crippen MR) is 85.4 cm³/mol. The molecule has 0 aliphatic heterocycles. The molecule has 23 heavy (non-hydrogen) atoms. The topological polar surface area (TPSA) is 3.24 Å². The molecule has 2 aromatic carbocycles. The first-order valence-electron chi connectivity index (χ1n) is 7.80. The van der Waals surface area contributed by atoms with E-state index in [1.54, 1.807) is 0 Å². The van der Waals surface area contributed by atoms with Crippen molar-refractivity contribution in [3.63, 3.8) is 0 Å². The van der Waals surface area contributed by atoms with Crippen LogP contribution in [-0.2, 0) is 6.18 Å². The fraction of sp³-hybridized carbons (Fsp3) is 0.368. The summed E-state index contributed by atoms with van der Waals surface area (Å²) in [6.07, 6.45) is -2.48. The zero-order chi connectivity index (χ0) is 16.6. The lowest BCUT2D eigenvalue weighted by molar-refractivity contribution is -0.137. The van der Waals surface area contributed by atoms with Gasteiger partial charge in [-0.1, -0.05) is 42.5 Å². The van der Waals surface area contributed by atoms with Gasteiger partial charge in [-0.25, -0.2) is 0 Å². The van der Waals surface area contributed by atoms with Gasteiger partial charge in [-0.2, -0.15) is 13.2 Å². The minimum atomic E-state index is -4.30. The van der Waals surface area contributed by atoms with Crippen LogP contribution in [0.2, 0.25) is 0 Å². The fourth-order valence-electron chi connectivity index (χ4n) is 3.58. The molecule has 1 aliphatic rings. The Hall–Kier alpha value is -1.81. The Morgan fingerprint density at radius 1 is 0.913 bits per heavy atom. The maximum atomic E-state index is 13.0. The SMILES string of the molecule is CN(C)[C@@H]1CC[C@H](c2cccc(C(F)(F)F)c2)c2ccccc21. The Morgan fingerprint density at radius 3 is 2.26 bits per heavy atom. The number of hydrogen-bond donors (Lipinski definition) is 0. The molecule has 3 rings (SSSR count). The Morgan fingerprint density at radius 2 is 1.61 bits per heavy atom. The molecule has 0 fully saturated rings. The van der Waals surface area contributed by atoms with Gasteiger partial charge in [0.1, 0.15) is 0 Å². The summed E-state index contributed by atoms with van der Waals surface area (Å²) >= 11 is 0. The lowest BCUT2D eigenvalue weighted by Gasteiger charge is -2.35. The summed E-state index contributed by atoms with van der Waals surface area (Å²) in [4.78, 5) is 2.18. The molecule has 0 saturated heterocycles. The molecular formula is C19H20F3N. The summed E-state index contributed by atoms with van der Waals surface area (Å²) in [6, 6.07) is 14.2. The summed E-state index contributed by atoms with van der Waals surface area (Å²) in [5.74, 6) is 0.0321. The first-order chi connectivity index (χ1) is 10.9. The number of hydrogen-bond acceptors (Lipinski definition) is 1. The van der Waals surface area contributed by atoms with Crippen LogP contribution in [-0.4, -0.2) is 19.0 Å². The molecule has 1 aliphatic carbocycles. The largest absolute Gasteiger partial charge is 0.416 e. The summed E-state index contributed by atoms with van der Waals surface area (Å²) in [5, 5.41) is 0. The maximum Gasteiger partial charge on any atom is 0.416 e. The van der Waals surface area contributed by atoms with E-state index < -0.39 is 11.7 Å². The lowest BCUT2D eigenvalue weighted by atomic mass is 9.76. The van der Waals surface area contributed by atoms with Crippen LogP contribution in [0.3, 0.4) is 0 Å². The van der Waals surface area contributed by atoms with Gasteiger partial charge in [-0.15, -0.1) is 0 Å². The molecular weight excluding hydrogens is 299 g/mol. The summed E-state index contributed by atoms with van der Waals surface area (Å²) in [6.45, 7) is 0. The van der Waals surface area contributed by atoms with Gasteiger partial charge in [-0.3, -0.25) is 0 Å². The summed E-state index contributed by atoms with van der Waals surface area (Å²) in [7, 11) is 4.10. The zero-order valence-electron chi connectivity index (χ0n) is 13.3. The van der Waals surface area contributed by atoms with E-state index in [0.717, 1.165) is 30.0 Å². The average Bonchev–Trinajstić information content (AvgIpc) is 2.53. The second kappa shape index (κ2) is 6.00. The third-order valence-corrected chi connectivity index (χ3v) is 4.70. The lowest BCUT2D eigenvalue weighted by Crippen LogP contribution is -2.26. The van der Waals surface area contributed by atoms with E-state index in [4.69, 9.17) is 0 Å². The van der Waals surface area contributed by atoms with Crippen LogP contribution in [0.15, 0.2) is 48.5 Å². The number of fused-ring (bicyclic) bond motifs is 1. The number of halogens is 3. The van der Waals surface area contributed by atoms with Gasteiger partial charge in [0.2, 0.25) is 0 Å². The quantitative estimate of drug-likeness (QED) is 0.732. The molecule has 2 atom stereocenters. The average molecular weight is 319 g/mol. The predicted octanol–water partition coefficient (Wildman–Crippen LogP) is 5.23. The van der Waals surface area contributed by atoms with E-state index in [-0.39, 0.29) is 5.92 Å². The van der Waals surface area contributed by atoms with E-state index in [0.29, 0.717) is 6.04 Å². The highest BCUT2D eigenvalue weighted by atomic mass is 19.4. The van der Waals surface area contributed by atoms with Crippen LogP contribution in [0.4, 0.5) is 13.2 Å². The van der Waals surface area contributed by atoms with Crippen molar-refractivity contribution >= 4 is 0 Å². The Balaban J connectivity index is 2.03. The van der Waals surface area contributed by atoms with Crippen molar-refractivity contribution in [2.24, 2.45) is 0 Å². The highest BCUT2D eigenvalue weighted by Gasteiger charge is 2.33. The molecule has 0 bridgehead atoms. The molecule has 2 aromatic rings. The van der Waals surface area contributed by atoms with E-state index >= 15 is 0 Å². The molecule has 4 heteroatoms. The van der Waals surface area contributed by atoms with Gasteiger partial charge >= 0.3 is 6.18 Å². The van der Waals surface area contributed by atoms with Crippen molar-refractivity contribution < 1.29 is 13.2 Å². The van der Waals surface area contributed by atoms with Crippen molar-refractivity contribution in [3.8, 4) is 0 Å². The number of benzene rings is 2. The molecule has 0 amide bonds. The monoisotopic (exact) mass is 319 g/mol. The van der Waals surface area contributed by atoms with Crippen LogP contribution in [0, 0.1) is 0 Å². The summed E-state index contributed by atoms with van der Waals surface area (Å²) < 4.78 is 39.0. The van der Waals surface area contributed by atoms with E-state index in [9.17, 15) is 13.2 Å². The van der Waals surface area contributed by atoms with Crippen LogP contribution >= 0.6 is 0 Å². The second-order valence-electron chi connectivity index (χ2n) is 6.36. The second-order valence-corrected chi connectivity index (χ2v) is 6.36. The molecule has 0 unspecified atom stereocenters. The van der Waals surface area contributed by atoms with Crippen molar-refractivity contribution in [1.82, 2.24) is 4.90 Å². The van der Waals surface area contributed by atoms with Gasteiger partial charge in [-0.05, 0) is 49.7 Å². The third-order valence-electron chi connectivity index (χ3n) is 4.70. The van der Waals surface area contributed by atoms with Crippen molar-refractivity contribution in [1.29, 1.82) is 0 Å². The smallest absolute Gasteiger partial charge is 0.302 e. The van der Waals surface area contributed by atoms with Crippen LogP contribution in [0.1, 0.15) is 47.1 Å². The fourth-order valence-corrected chi connectivity index (χ4v) is 3.58. The van der Waals surface area contributed by atoms with Gasteiger partial charge < -0.3 is 4.90 Å². The number of rotatable bonds is 2. The molecule has 0 heterocycles. The Kier molecular flexibility index (Phi) is 4.19. The number of nitrogens with zero attached hydrogens (tertiary/aromatic N) is 1. The van der Waals surface area contributed by atoms with Gasteiger partial charge in [0, 0.05) is 12.0 Å². The van der Waals surface area contributed by atoms with E-state index in [1.807, 2.05) is 32.3 Å². The molecule has 0 spiro atoms. The van der Waals surface area contributed by atoms with Crippen LogP contribution in [0.25, 0.3) is 0 Å². The standard InChI is InChI=1S/C19H20F3N/c1-23(2)18-11-10-15(16-8-3-4-9-17(16)18)13-6-5-7-14(12-13)19(20,21)22/h3-9,12,15,18H,10-11H2,1-2H3/t15-,18-/m1/s1. The number of alkyl halides is 3. The zero-order valence-corrected chi connectivity index (χ0v) is 13.3. The highest BCUT2D eigenvalue weighted by molar-refractivity contribution is 5.43. The molecule has 122 valence electrons. The Bertz CT molecular complexity index is 691. The van der Waals surface area contributed by atoms with Crippen LogP contribution in [0.5, 0.6) is 0 Å². The molecule has 0 saturated carbocycles. The first kappa shape index (κ1) is 16.1.